The summed E-state index contributed by atoms with van der Waals surface area (Å²) in [6, 6.07) is -2.79. The van der Waals surface area contributed by atoms with Crippen LogP contribution in [0.4, 0.5) is 4.79 Å². The molecule has 4 N–H and O–H groups in total. The van der Waals surface area contributed by atoms with Crippen LogP contribution in [-0.2, 0) is 23.9 Å². The summed E-state index contributed by atoms with van der Waals surface area (Å²) in [5.41, 5.74) is 4.30. The molecule has 4 amide bonds. The molecule has 206 valence electrons. The average Bonchev–Trinajstić information content (AvgIpc) is 3.14. The molecular weight excluding hydrogens is 476 g/mol. The highest BCUT2D eigenvalue weighted by molar-refractivity contribution is 6.37. The van der Waals surface area contributed by atoms with E-state index in [1.165, 1.54) is 6.08 Å². The molecule has 37 heavy (non-hydrogen) atoms. The topological polar surface area (TPSA) is 148 Å². The van der Waals surface area contributed by atoms with E-state index in [0.717, 1.165) is 32.1 Å². The van der Waals surface area contributed by atoms with E-state index in [-0.39, 0.29) is 35.5 Å². The molecule has 0 radical (unpaired) electrons. The van der Waals surface area contributed by atoms with Gasteiger partial charge in [-0.15, -0.1) is 6.58 Å². The highest BCUT2D eigenvalue weighted by Gasteiger charge is 2.69. The van der Waals surface area contributed by atoms with Crippen LogP contribution in [0, 0.1) is 23.2 Å². The van der Waals surface area contributed by atoms with Gasteiger partial charge in [0.05, 0.1) is 0 Å². The summed E-state index contributed by atoms with van der Waals surface area (Å²) in [7, 11) is 0. The number of nitrogens with zero attached hydrogens (tertiary/aromatic N) is 1. The van der Waals surface area contributed by atoms with Crippen molar-refractivity contribution in [3.63, 3.8) is 0 Å². The van der Waals surface area contributed by atoms with Gasteiger partial charge in [-0.1, -0.05) is 39.2 Å². The minimum Gasteiger partial charge on any atom is -0.444 e. The maximum atomic E-state index is 14.0. The zero-order valence-electron chi connectivity index (χ0n) is 22.7. The van der Waals surface area contributed by atoms with E-state index >= 15 is 0 Å². The van der Waals surface area contributed by atoms with Crippen LogP contribution in [0.15, 0.2) is 12.7 Å². The number of piperidine rings is 1. The van der Waals surface area contributed by atoms with Crippen molar-refractivity contribution in [3.05, 3.63) is 12.7 Å². The lowest BCUT2D eigenvalue weighted by molar-refractivity contribution is -0.144. The molecule has 10 heteroatoms. The Hall–Kier alpha value is -2.91. The Morgan fingerprint density at radius 1 is 1.11 bits per heavy atom. The van der Waals surface area contributed by atoms with Crippen molar-refractivity contribution in [1.29, 1.82) is 0 Å². The highest BCUT2D eigenvalue weighted by Crippen LogP contribution is 2.65. The molecule has 2 saturated carbocycles. The van der Waals surface area contributed by atoms with Crippen LogP contribution in [0.1, 0.15) is 73.1 Å². The number of amides is 4. The molecule has 0 bridgehead atoms. The first-order valence-electron chi connectivity index (χ1n) is 13.2. The van der Waals surface area contributed by atoms with Crippen molar-refractivity contribution in [1.82, 2.24) is 15.5 Å². The third kappa shape index (κ3) is 6.33. The number of alkyl carbamates (subject to hydrolysis) is 1. The van der Waals surface area contributed by atoms with Gasteiger partial charge in [-0.25, -0.2) is 4.79 Å². The third-order valence-electron chi connectivity index (χ3n) is 8.10. The number of fused-ring (bicyclic) bond motifs is 1. The predicted octanol–water partition coefficient (Wildman–Crippen LogP) is 2.06. The summed E-state index contributed by atoms with van der Waals surface area (Å²) in [6.45, 7) is 13.3. The first kappa shape index (κ1) is 28.7. The molecule has 0 aromatic rings. The van der Waals surface area contributed by atoms with Gasteiger partial charge in [0.15, 0.2) is 0 Å². The number of Topliss-reactive ketones (excluding diaryl/α,β-unsaturated/α-hetero) is 1. The van der Waals surface area contributed by atoms with Gasteiger partial charge in [-0.05, 0) is 63.2 Å². The van der Waals surface area contributed by atoms with Gasteiger partial charge in [0.1, 0.15) is 23.7 Å². The number of nitrogens with one attached hydrogen (secondary N) is 2. The van der Waals surface area contributed by atoms with Crippen LogP contribution < -0.4 is 16.4 Å². The van der Waals surface area contributed by atoms with E-state index in [4.69, 9.17) is 10.5 Å². The van der Waals surface area contributed by atoms with Gasteiger partial charge in [0.2, 0.25) is 17.6 Å². The largest absolute Gasteiger partial charge is 0.444 e. The lowest BCUT2D eigenvalue weighted by Gasteiger charge is -2.37. The second-order valence-corrected chi connectivity index (χ2v) is 12.2. The van der Waals surface area contributed by atoms with Crippen molar-refractivity contribution >= 4 is 29.6 Å². The lowest BCUT2D eigenvalue weighted by atomic mass is 9.83. The molecule has 10 nitrogen and oxygen atoms in total. The number of rotatable bonds is 9. The third-order valence-corrected chi connectivity index (χ3v) is 8.10. The van der Waals surface area contributed by atoms with Gasteiger partial charge in [0, 0.05) is 6.54 Å². The first-order valence-corrected chi connectivity index (χ1v) is 13.2. The molecule has 1 saturated heterocycles. The highest BCUT2D eigenvalue weighted by atomic mass is 16.6. The summed E-state index contributed by atoms with van der Waals surface area (Å²) in [5.74, 6) is -2.93. The quantitative estimate of drug-likeness (QED) is 0.314. The van der Waals surface area contributed by atoms with Gasteiger partial charge >= 0.3 is 6.09 Å². The fraction of sp³-hybridized carbons (Fsp3) is 0.741. The van der Waals surface area contributed by atoms with Crippen LogP contribution in [-0.4, -0.2) is 64.8 Å². The van der Waals surface area contributed by atoms with Gasteiger partial charge < -0.3 is 26.0 Å². The van der Waals surface area contributed by atoms with Crippen molar-refractivity contribution in [3.8, 4) is 0 Å². The summed E-state index contributed by atoms with van der Waals surface area (Å²) in [4.78, 5) is 65.6. The number of carbonyl (C=O) groups is 5. The fourth-order valence-corrected chi connectivity index (χ4v) is 6.10. The Bertz CT molecular complexity index is 949. The Kier molecular flexibility index (Phi) is 8.39. The zero-order chi connectivity index (χ0) is 27.7. The molecule has 1 aliphatic heterocycles. The Labute approximate surface area is 219 Å². The van der Waals surface area contributed by atoms with E-state index in [2.05, 4.69) is 31.1 Å². The number of hydrogen-bond donors (Lipinski definition) is 3. The van der Waals surface area contributed by atoms with E-state index in [9.17, 15) is 24.0 Å². The van der Waals surface area contributed by atoms with Crippen molar-refractivity contribution in [2.45, 2.75) is 96.9 Å². The number of nitrogens with two attached hydrogens (primary N) is 1. The predicted molar refractivity (Wildman–Crippen MR) is 137 cm³/mol. The number of ether oxygens (including phenoxy) is 1. The van der Waals surface area contributed by atoms with Gasteiger partial charge in [0.25, 0.3) is 5.91 Å². The number of carbonyl (C=O) groups excluding carboxylic acids is 5. The van der Waals surface area contributed by atoms with Gasteiger partial charge in [-0.2, -0.15) is 0 Å². The van der Waals surface area contributed by atoms with E-state index in [1.54, 1.807) is 25.7 Å². The molecule has 1 heterocycles. The molecule has 3 rings (SSSR count). The molecule has 3 unspecified atom stereocenters. The second-order valence-electron chi connectivity index (χ2n) is 12.2. The fourth-order valence-electron chi connectivity index (χ4n) is 6.10. The zero-order valence-corrected chi connectivity index (χ0v) is 22.7. The maximum Gasteiger partial charge on any atom is 0.408 e. The number of hydrogen-bond acceptors (Lipinski definition) is 6. The molecule has 2 aliphatic carbocycles. The van der Waals surface area contributed by atoms with E-state index in [0.29, 0.717) is 6.54 Å². The van der Waals surface area contributed by atoms with Gasteiger partial charge in [-0.3, -0.25) is 19.2 Å². The SMILES string of the molecule is C=CCC(NC(=O)[C@@H]1C2C(CN1C(=O)[C@@H](NC(=O)OC(C)(C)C)C1CCCCC1)C2(C)C)C(=O)C(N)=O. The van der Waals surface area contributed by atoms with Crippen LogP contribution >= 0.6 is 0 Å². The van der Waals surface area contributed by atoms with Crippen molar-refractivity contribution < 1.29 is 28.7 Å². The lowest BCUT2D eigenvalue weighted by Crippen LogP contribution is -2.59. The van der Waals surface area contributed by atoms with Crippen LogP contribution in [0.5, 0.6) is 0 Å². The summed E-state index contributed by atoms with van der Waals surface area (Å²) in [6.07, 6.45) is 5.40. The molecule has 3 aliphatic rings. The smallest absolute Gasteiger partial charge is 0.408 e. The van der Waals surface area contributed by atoms with Crippen LogP contribution in [0.25, 0.3) is 0 Å². The standard InChI is InChI=1S/C27H42N4O6/c1-7-11-17(21(32)22(28)33)29-23(34)20-18-16(27(18,5)6)14-31(20)24(35)19(15-12-9-8-10-13-15)30-25(36)37-26(2,3)4/h7,15-20H,1,8-14H2,2-6H3,(H2,28,33)(H,29,34)(H,30,36)/t16?,17?,18?,19-,20-/m0/s1. The maximum absolute atomic E-state index is 14.0. The Balaban J connectivity index is 1.86. The summed E-state index contributed by atoms with van der Waals surface area (Å²) in [5, 5.41) is 5.46. The van der Waals surface area contributed by atoms with Crippen molar-refractivity contribution in [2.24, 2.45) is 28.9 Å². The van der Waals surface area contributed by atoms with Crippen LogP contribution in [0.2, 0.25) is 0 Å². The monoisotopic (exact) mass is 518 g/mol. The minimum absolute atomic E-state index is 0.0383. The number of primary amides is 1. The Morgan fingerprint density at radius 3 is 2.27 bits per heavy atom. The molecule has 5 atom stereocenters. The summed E-state index contributed by atoms with van der Waals surface area (Å²) < 4.78 is 5.45. The number of ketones is 1. The van der Waals surface area contributed by atoms with Crippen LogP contribution in [0.3, 0.4) is 0 Å². The second kappa shape index (κ2) is 10.8. The Morgan fingerprint density at radius 2 is 1.73 bits per heavy atom. The minimum atomic E-state index is -1.14. The molecule has 3 fully saturated rings. The van der Waals surface area contributed by atoms with Crippen molar-refractivity contribution in [2.75, 3.05) is 6.54 Å². The summed E-state index contributed by atoms with van der Waals surface area (Å²) >= 11 is 0. The van der Waals surface area contributed by atoms with E-state index < -0.39 is 47.4 Å². The molecule has 0 spiro atoms. The molecule has 0 aromatic heterocycles. The molecular formula is C27H42N4O6. The normalized spacial score (nSPS) is 26.3. The first-order chi connectivity index (χ1) is 17.2. The van der Waals surface area contributed by atoms with E-state index in [1.807, 2.05) is 0 Å². The average molecular weight is 519 g/mol. The molecule has 0 aromatic carbocycles. The number of likely N-dealkylation sites (tertiary alicyclic amines) is 1.